The number of rotatable bonds is 20. The number of nitrogens with zero attached hydrogens (tertiary/aromatic N) is 3. The van der Waals surface area contributed by atoms with Crippen molar-refractivity contribution in [3.63, 3.8) is 0 Å². The quantitative estimate of drug-likeness (QED) is 0.0728. The second-order valence-corrected chi connectivity index (χ2v) is 15.9. The Labute approximate surface area is 351 Å². The van der Waals surface area contributed by atoms with Crippen LogP contribution in [0.15, 0.2) is 66.7 Å². The van der Waals surface area contributed by atoms with E-state index < -0.39 is 17.7 Å². The van der Waals surface area contributed by atoms with Crippen molar-refractivity contribution in [2.75, 3.05) is 58.6 Å². The Morgan fingerprint density at radius 1 is 0.850 bits per heavy atom. The molecule has 1 fully saturated rings. The van der Waals surface area contributed by atoms with Crippen LogP contribution in [-0.4, -0.2) is 109 Å². The van der Waals surface area contributed by atoms with E-state index >= 15 is 0 Å². The lowest BCUT2D eigenvalue weighted by Gasteiger charge is -2.29. The summed E-state index contributed by atoms with van der Waals surface area (Å²) in [7, 11) is 1.62. The van der Waals surface area contributed by atoms with E-state index in [-0.39, 0.29) is 36.0 Å². The van der Waals surface area contributed by atoms with Crippen molar-refractivity contribution >= 4 is 29.5 Å². The number of benzene rings is 3. The van der Waals surface area contributed by atoms with Crippen LogP contribution in [0.2, 0.25) is 0 Å². The number of amides is 4. The number of alkyl carbamates (subject to hydrolysis) is 1. The van der Waals surface area contributed by atoms with Crippen LogP contribution in [-0.2, 0) is 35.0 Å². The number of carbonyl (C=O) groups excluding carboxylic acids is 4. The van der Waals surface area contributed by atoms with Gasteiger partial charge in [0.15, 0.2) is 0 Å². The number of aromatic amines is 1. The molecule has 0 bridgehead atoms. The number of carbonyl (C=O) groups is 4. The molecule has 1 aromatic heterocycles. The Morgan fingerprint density at radius 2 is 1.58 bits per heavy atom. The lowest BCUT2D eigenvalue weighted by molar-refractivity contribution is -0.130. The predicted octanol–water partition coefficient (Wildman–Crippen LogP) is 5.25. The molecule has 0 spiro atoms. The topological polar surface area (TPSA) is 208 Å². The average molecular weight is 827 g/mol. The number of hydrogen-bond donors (Lipinski definition) is 5. The number of aryl methyl sites for hydroxylation is 1. The molecule has 0 radical (unpaired) electrons. The standard InChI is InChI=1S/C44H58N8O8/c1-29-25-35(40(53)45-19-20-58-23-24-59-22-21-57-5)15-18-37(29)34-8-6-7-31(26-34)27-38(42(55)47-36-16-13-32(14-17-36)39-49-51-52-50-39)48-41(54)33-11-9-30(10-12-33)28-46-43(56)60-44(2,3)4/h6-8,13-18,25-26,30,33,38H,9-12,19-24,27-28H2,1-5H3,(H,45,53)(H,46,56)(H,47,55)(H,48,54)(H,49,50,51,52)/t30?,33?,38-/m0/s1. The van der Waals surface area contributed by atoms with E-state index in [9.17, 15) is 19.2 Å². The van der Waals surface area contributed by atoms with Crippen molar-refractivity contribution in [2.24, 2.45) is 11.8 Å². The third-order valence-corrected chi connectivity index (χ3v) is 10.0. The fourth-order valence-electron chi connectivity index (χ4n) is 6.92. The van der Waals surface area contributed by atoms with Gasteiger partial charge in [-0.15, -0.1) is 10.2 Å². The Bertz CT molecular complexity index is 1990. The molecule has 16 heteroatoms. The molecular formula is C44H58N8O8. The van der Waals surface area contributed by atoms with E-state index in [0.717, 1.165) is 40.7 Å². The normalized spacial score (nSPS) is 15.8. The van der Waals surface area contributed by atoms with Gasteiger partial charge in [0, 0.05) is 49.4 Å². The van der Waals surface area contributed by atoms with E-state index in [4.69, 9.17) is 18.9 Å². The van der Waals surface area contributed by atoms with E-state index in [1.807, 2.05) is 64.1 Å². The van der Waals surface area contributed by atoms with Gasteiger partial charge in [-0.25, -0.2) is 4.79 Å². The van der Waals surface area contributed by atoms with Crippen LogP contribution in [0.25, 0.3) is 22.5 Å². The second kappa shape index (κ2) is 22.6. The second-order valence-electron chi connectivity index (χ2n) is 15.9. The summed E-state index contributed by atoms with van der Waals surface area (Å²) in [4.78, 5) is 52.8. The fourth-order valence-corrected chi connectivity index (χ4v) is 6.92. The zero-order chi connectivity index (χ0) is 42.9. The largest absolute Gasteiger partial charge is 0.444 e. The van der Waals surface area contributed by atoms with Gasteiger partial charge in [-0.05, 0) is 123 Å². The minimum Gasteiger partial charge on any atom is -0.444 e. The Kier molecular flexibility index (Phi) is 17.1. The average Bonchev–Trinajstić information content (AvgIpc) is 3.77. The molecule has 3 aromatic carbocycles. The molecule has 322 valence electrons. The molecule has 5 rings (SSSR count). The van der Waals surface area contributed by atoms with Gasteiger partial charge in [0.05, 0.1) is 33.0 Å². The number of nitrogens with one attached hydrogen (secondary N) is 5. The Morgan fingerprint density at radius 3 is 2.27 bits per heavy atom. The SMILES string of the molecule is COCCOCCOCCNC(=O)c1ccc(-c2cccc(C[C@H](NC(=O)C3CCC(CNC(=O)OC(C)(C)C)CC3)C(=O)Nc3ccc(-c4nn[nH]n4)cc3)c2)c(C)c1. The highest BCUT2D eigenvalue weighted by atomic mass is 16.6. The number of H-pyrrole nitrogens is 1. The van der Waals surface area contributed by atoms with Crippen LogP contribution in [0.5, 0.6) is 0 Å². The number of methoxy groups -OCH3 is 1. The van der Waals surface area contributed by atoms with Crippen molar-refractivity contribution in [3.8, 4) is 22.5 Å². The molecule has 1 heterocycles. The van der Waals surface area contributed by atoms with Crippen LogP contribution >= 0.6 is 0 Å². The van der Waals surface area contributed by atoms with Crippen molar-refractivity contribution in [1.29, 1.82) is 0 Å². The van der Waals surface area contributed by atoms with Crippen LogP contribution in [0.1, 0.15) is 67.9 Å². The first-order chi connectivity index (χ1) is 28.9. The third-order valence-electron chi connectivity index (χ3n) is 10.0. The highest BCUT2D eigenvalue weighted by molar-refractivity contribution is 5.98. The molecule has 4 aromatic rings. The number of hydrogen-bond acceptors (Lipinski definition) is 11. The van der Waals surface area contributed by atoms with Gasteiger partial charge in [-0.3, -0.25) is 14.4 Å². The van der Waals surface area contributed by atoms with Gasteiger partial charge in [0.2, 0.25) is 17.6 Å². The van der Waals surface area contributed by atoms with Crippen molar-refractivity contribution < 1.29 is 38.1 Å². The van der Waals surface area contributed by atoms with Gasteiger partial charge in [0.1, 0.15) is 11.6 Å². The van der Waals surface area contributed by atoms with Crippen LogP contribution in [0.3, 0.4) is 0 Å². The number of aromatic nitrogens is 4. The molecule has 1 aliphatic carbocycles. The maximum Gasteiger partial charge on any atom is 0.407 e. The maximum atomic E-state index is 14.0. The number of anilines is 1. The van der Waals surface area contributed by atoms with E-state index in [1.54, 1.807) is 37.4 Å². The molecule has 1 saturated carbocycles. The molecule has 0 unspecified atom stereocenters. The van der Waals surface area contributed by atoms with Gasteiger partial charge >= 0.3 is 6.09 Å². The zero-order valence-corrected chi connectivity index (χ0v) is 35.2. The molecule has 0 saturated heterocycles. The molecule has 1 aliphatic rings. The van der Waals surface area contributed by atoms with Crippen molar-refractivity contribution in [2.45, 2.75) is 71.4 Å². The van der Waals surface area contributed by atoms with Gasteiger partial charge in [-0.2, -0.15) is 5.21 Å². The zero-order valence-electron chi connectivity index (χ0n) is 35.2. The van der Waals surface area contributed by atoms with Gasteiger partial charge in [-0.1, -0.05) is 30.3 Å². The Hall–Kier alpha value is -5.71. The minimum atomic E-state index is -0.879. The summed E-state index contributed by atoms with van der Waals surface area (Å²) >= 11 is 0. The molecule has 0 aliphatic heterocycles. The molecule has 60 heavy (non-hydrogen) atoms. The van der Waals surface area contributed by atoms with Crippen molar-refractivity contribution in [1.82, 2.24) is 36.6 Å². The summed E-state index contributed by atoms with van der Waals surface area (Å²) in [6.07, 6.45) is 2.59. The van der Waals surface area contributed by atoms with E-state index in [0.29, 0.717) is 76.0 Å². The van der Waals surface area contributed by atoms with E-state index in [1.165, 1.54) is 0 Å². The summed E-state index contributed by atoms with van der Waals surface area (Å²) in [5.41, 5.74) is 4.85. The molecular weight excluding hydrogens is 769 g/mol. The van der Waals surface area contributed by atoms with E-state index in [2.05, 4.69) is 41.9 Å². The monoisotopic (exact) mass is 826 g/mol. The Balaban J connectivity index is 1.21. The maximum absolute atomic E-state index is 14.0. The summed E-state index contributed by atoms with van der Waals surface area (Å²) in [5.74, 6) is -0.343. The third kappa shape index (κ3) is 14.5. The highest BCUT2D eigenvalue weighted by Gasteiger charge is 2.30. The molecule has 1 atom stereocenters. The van der Waals surface area contributed by atoms with Crippen LogP contribution in [0, 0.1) is 18.8 Å². The summed E-state index contributed by atoms with van der Waals surface area (Å²) in [6, 6.07) is 19.6. The van der Waals surface area contributed by atoms with Gasteiger partial charge < -0.3 is 40.2 Å². The summed E-state index contributed by atoms with van der Waals surface area (Å²) in [5, 5.41) is 25.8. The smallest absolute Gasteiger partial charge is 0.407 e. The number of ether oxygens (including phenoxy) is 4. The number of tetrazole rings is 1. The summed E-state index contributed by atoms with van der Waals surface area (Å²) < 4.78 is 21.2. The molecule has 4 amide bonds. The van der Waals surface area contributed by atoms with Crippen LogP contribution in [0.4, 0.5) is 10.5 Å². The fraction of sp³-hybridized carbons (Fsp3) is 0.477. The first-order valence-corrected chi connectivity index (χ1v) is 20.4. The molecule has 5 N–H and O–H groups in total. The highest BCUT2D eigenvalue weighted by Crippen LogP contribution is 2.30. The lowest BCUT2D eigenvalue weighted by Crippen LogP contribution is -2.48. The van der Waals surface area contributed by atoms with Gasteiger partial charge in [0.25, 0.3) is 5.91 Å². The van der Waals surface area contributed by atoms with Crippen molar-refractivity contribution in [3.05, 3.63) is 83.4 Å². The minimum absolute atomic E-state index is 0.180. The summed E-state index contributed by atoms with van der Waals surface area (Å²) in [6.45, 7) is 10.6. The molecule has 16 nitrogen and oxygen atoms in total. The lowest BCUT2D eigenvalue weighted by atomic mass is 9.81. The van der Waals surface area contributed by atoms with Crippen LogP contribution < -0.4 is 21.3 Å². The first-order valence-electron chi connectivity index (χ1n) is 20.4. The predicted molar refractivity (Wildman–Crippen MR) is 226 cm³/mol. The first kappa shape index (κ1) is 45.4.